The number of aromatic nitrogens is 2. The number of rotatable bonds is 5. The maximum Gasteiger partial charge on any atom is 0.162 e. The van der Waals surface area contributed by atoms with Crippen molar-refractivity contribution < 1.29 is 4.74 Å². The minimum atomic E-state index is -0.266. The first kappa shape index (κ1) is 14.8. The van der Waals surface area contributed by atoms with E-state index in [9.17, 15) is 0 Å². The summed E-state index contributed by atoms with van der Waals surface area (Å²) in [7, 11) is 1.93. The van der Waals surface area contributed by atoms with E-state index in [-0.39, 0.29) is 5.60 Å². The average molecular weight is 289 g/mol. The molecule has 21 heavy (non-hydrogen) atoms. The van der Waals surface area contributed by atoms with Crippen LogP contribution in [0.2, 0.25) is 0 Å². The van der Waals surface area contributed by atoms with Gasteiger partial charge in [0.2, 0.25) is 0 Å². The molecule has 0 unspecified atom stereocenters. The number of hydrogen-bond donors (Lipinski definition) is 1. The standard InChI is InChI=1S/C17H27N3O/c1-4-21-17(9-7-12(2)8-10-17)16-19-14(13-5-6-13)11-15(18-3)20-16/h11-13H,4-10H2,1-3H3,(H,18,19,20). The lowest BCUT2D eigenvalue weighted by molar-refractivity contribution is -0.0837. The van der Waals surface area contributed by atoms with E-state index in [1.807, 2.05) is 7.05 Å². The van der Waals surface area contributed by atoms with Crippen molar-refractivity contribution in [3.63, 3.8) is 0 Å². The Kier molecular flexibility index (Phi) is 4.16. The molecule has 1 N–H and O–H groups in total. The molecule has 0 saturated heterocycles. The predicted molar refractivity (Wildman–Crippen MR) is 84.5 cm³/mol. The van der Waals surface area contributed by atoms with Crippen LogP contribution >= 0.6 is 0 Å². The van der Waals surface area contributed by atoms with Gasteiger partial charge in [-0.3, -0.25) is 0 Å². The maximum absolute atomic E-state index is 6.21. The van der Waals surface area contributed by atoms with Gasteiger partial charge in [-0.25, -0.2) is 9.97 Å². The first-order chi connectivity index (χ1) is 10.2. The lowest BCUT2D eigenvalue weighted by atomic mass is 9.78. The fourth-order valence-corrected chi connectivity index (χ4v) is 3.32. The fourth-order valence-electron chi connectivity index (χ4n) is 3.32. The Bertz CT molecular complexity index is 491. The molecule has 3 rings (SSSR count). The van der Waals surface area contributed by atoms with Crippen molar-refractivity contribution in [1.29, 1.82) is 0 Å². The Balaban J connectivity index is 1.96. The predicted octanol–water partition coefficient (Wildman–Crippen LogP) is 3.84. The second-order valence-electron chi connectivity index (χ2n) is 6.64. The number of ether oxygens (including phenoxy) is 1. The summed E-state index contributed by atoms with van der Waals surface area (Å²) in [5, 5.41) is 3.19. The van der Waals surface area contributed by atoms with E-state index in [0.717, 1.165) is 37.0 Å². The Morgan fingerprint density at radius 2 is 1.95 bits per heavy atom. The van der Waals surface area contributed by atoms with Gasteiger partial charge in [-0.1, -0.05) is 6.92 Å². The van der Waals surface area contributed by atoms with Crippen LogP contribution in [0, 0.1) is 5.92 Å². The third-order valence-electron chi connectivity index (χ3n) is 4.91. The second kappa shape index (κ2) is 5.91. The summed E-state index contributed by atoms with van der Waals surface area (Å²) in [5.74, 6) is 3.26. The van der Waals surface area contributed by atoms with Crippen molar-refractivity contribution in [3.8, 4) is 0 Å². The van der Waals surface area contributed by atoms with Crippen molar-refractivity contribution in [2.24, 2.45) is 5.92 Å². The van der Waals surface area contributed by atoms with E-state index in [1.165, 1.54) is 31.4 Å². The molecule has 0 aliphatic heterocycles. The van der Waals surface area contributed by atoms with Gasteiger partial charge in [-0.2, -0.15) is 0 Å². The van der Waals surface area contributed by atoms with E-state index in [4.69, 9.17) is 14.7 Å². The van der Waals surface area contributed by atoms with Crippen LogP contribution in [-0.2, 0) is 10.3 Å². The zero-order chi connectivity index (χ0) is 14.9. The smallest absolute Gasteiger partial charge is 0.162 e. The summed E-state index contributed by atoms with van der Waals surface area (Å²) in [6.45, 7) is 5.13. The summed E-state index contributed by atoms with van der Waals surface area (Å²) in [6, 6.07) is 2.10. The van der Waals surface area contributed by atoms with Crippen molar-refractivity contribution in [2.45, 2.75) is 63.9 Å². The van der Waals surface area contributed by atoms with Crippen LogP contribution in [0.15, 0.2) is 6.07 Å². The highest BCUT2D eigenvalue weighted by molar-refractivity contribution is 5.38. The monoisotopic (exact) mass is 289 g/mol. The van der Waals surface area contributed by atoms with Crippen molar-refractivity contribution in [1.82, 2.24) is 9.97 Å². The molecular formula is C17H27N3O. The molecule has 2 aliphatic carbocycles. The van der Waals surface area contributed by atoms with E-state index < -0.39 is 0 Å². The van der Waals surface area contributed by atoms with Crippen LogP contribution in [0.1, 0.15) is 69.8 Å². The van der Waals surface area contributed by atoms with Crippen LogP contribution < -0.4 is 5.32 Å². The maximum atomic E-state index is 6.21. The molecule has 2 fully saturated rings. The van der Waals surface area contributed by atoms with E-state index in [1.54, 1.807) is 0 Å². The lowest BCUT2D eigenvalue weighted by Gasteiger charge is -2.38. The average Bonchev–Trinajstić information content (AvgIpc) is 3.34. The molecule has 1 heterocycles. The van der Waals surface area contributed by atoms with Gasteiger partial charge in [-0.05, 0) is 51.4 Å². The van der Waals surface area contributed by atoms with Gasteiger partial charge >= 0.3 is 0 Å². The Hall–Kier alpha value is -1.16. The second-order valence-corrected chi connectivity index (χ2v) is 6.64. The van der Waals surface area contributed by atoms with Crippen LogP contribution in [-0.4, -0.2) is 23.6 Å². The fraction of sp³-hybridized carbons (Fsp3) is 0.765. The largest absolute Gasteiger partial charge is 0.373 e. The Labute approximate surface area is 127 Å². The molecule has 0 spiro atoms. The van der Waals surface area contributed by atoms with Gasteiger partial charge in [0.15, 0.2) is 5.82 Å². The lowest BCUT2D eigenvalue weighted by Crippen LogP contribution is -2.36. The topological polar surface area (TPSA) is 47.0 Å². The van der Waals surface area contributed by atoms with Crippen LogP contribution in [0.5, 0.6) is 0 Å². The van der Waals surface area contributed by atoms with E-state index in [0.29, 0.717) is 5.92 Å². The molecule has 1 aromatic rings. The van der Waals surface area contributed by atoms with Gasteiger partial charge in [0, 0.05) is 31.3 Å². The summed E-state index contributed by atoms with van der Waals surface area (Å²) in [5.41, 5.74) is 0.930. The first-order valence-electron chi connectivity index (χ1n) is 8.38. The molecule has 0 aromatic carbocycles. The highest BCUT2D eigenvalue weighted by atomic mass is 16.5. The molecule has 4 heteroatoms. The van der Waals surface area contributed by atoms with Crippen molar-refractivity contribution >= 4 is 5.82 Å². The molecule has 2 aliphatic rings. The molecule has 0 bridgehead atoms. The normalized spacial score (nSPS) is 29.4. The highest BCUT2D eigenvalue weighted by Crippen LogP contribution is 2.44. The molecule has 0 radical (unpaired) electrons. The van der Waals surface area contributed by atoms with Crippen molar-refractivity contribution in [3.05, 3.63) is 17.6 Å². The number of hydrogen-bond acceptors (Lipinski definition) is 4. The highest BCUT2D eigenvalue weighted by Gasteiger charge is 2.40. The summed E-state index contributed by atoms with van der Waals surface area (Å²) < 4.78 is 6.21. The first-order valence-corrected chi connectivity index (χ1v) is 8.38. The van der Waals surface area contributed by atoms with Gasteiger partial charge in [0.05, 0.1) is 0 Å². The molecule has 4 nitrogen and oxygen atoms in total. The third kappa shape index (κ3) is 3.05. The molecule has 0 amide bonds. The van der Waals surface area contributed by atoms with Gasteiger partial charge in [0.1, 0.15) is 11.4 Å². The van der Waals surface area contributed by atoms with Crippen LogP contribution in [0.4, 0.5) is 5.82 Å². The number of nitrogens with zero attached hydrogens (tertiary/aromatic N) is 2. The van der Waals surface area contributed by atoms with E-state index in [2.05, 4.69) is 25.2 Å². The van der Waals surface area contributed by atoms with Crippen LogP contribution in [0.25, 0.3) is 0 Å². The number of nitrogens with one attached hydrogen (secondary N) is 1. The molecule has 116 valence electrons. The van der Waals surface area contributed by atoms with Gasteiger partial charge in [-0.15, -0.1) is 0 Å². The Morgan fingerprint density at radius 1 is 1.24 bits per heavy atom. The van der Waals surface area contributed by atoms with Gasteiger partial charge in [0.25, 0.3) is 0 Å². The third-order valence-corrected chi connectivity index (χ3v) is 4.91. The van der Waals surface area contributed by atoms with Crippen LogP contribution in [0.3, 0.4) is 0 Å². The molecule has 1 aromatic heterocycles. The zero-order valence-corrected chi connectivity index (χ0v) is 13.5. The molecular weight excluding hydrogens is 262 g/mol. The summed E-state index contributed by atoms with van der Waals surface area (Å²) in [4.78, 5) is 9.66. The minimum Gasteiger partial charge on any atom is -0.373 e. The summed E-state index contributed by atoms with van der Waals surface area (Å²) >= 11 is 0. The SMILES string of the molecule is CCOC1(c2nc(NC)cc(C3CC3)n2)CCC(C)CC1. The molecule has 0 atom stereocenters. The van der Waals surface area contributed by atoms with E-state index >= 15 is 0 Å². The molecule has 2 saturated carbocycles. The minimum absolute atomic E-state index is 0.266. The Morgan fingerprint density at radius 3 is 2.52 bits per heavy atom. The zero-order valence-electron chi connectivity index (χ0n) is 13.5. The summed E-state index contributed by atoms with van der Waals surface area (Å²) in [6.07, 6.45) is 7.01. The number of anilines is 1. The van der Waals surface area contributed by atoms with Gasteiger partial charge < -0.3 is 10.1 Å². The quantitative estimate of drug-likeness (QED) is 0.894. The van der Waals surface area contributed by atoms with Crippen molar-refractivity contribution in [2.75, 3.05) is 19.0 Å².